The normalized spacial score (nSPS) is 21.4. The van der Waals surface area contributed by atoms with Crippen LogP contribution in [0.2, 0.25) is 0 Å². The number of hydrogen-bond acceptors (Lipinski definition) is 2. The molecule has 0 saturated carbocycles. The van der Waals surface area contributed by atoms with E-state index in [-0.39, 0.29) is 0 Å². The maximum absolute atomic E-state index is 5.38. The van der Waals surface area contributed by atoms with E-state index in [2.05, 4.69) is 29.6 Å². The van der Waals surface area contributed by atoms with Gasteiger partial charge in [0.1, 0.15) is 5.75 Å². The molecule has 0 heterocycles. The Morgan fingerprint density at radius 3 is 3.00 bits per heavy atom. The van der Waals surface area contributed by atoms with Crippen LogP contribution >= 0.6 is 0 Å². The summed E-state index contributed by atoms with van der Waals surface area (Å²) in [6.07, 6.45) is 11.4. The van der Waals surface area contributed by atoms with Crippen molar-refractivity contribution in [3.05, 3.63) is 41.0 Å². The average molecular weight is 271 g/mol. The molecule has 1 atom stereocenters. The zero-order chi connectivity index (χ0) is 13.8. The molecule has 1 N–H and O–H groups in total. The topological polar surface area (TPSA) is 21.3 Å². The number of fused-ring (bicyclic) bond motifs is 1. The Hall–Kier alpha value is -1.28. The summed E-state index contributed by atoms with van der Waals surface area (Å²) in [5, 5.41) is 3.76. The molecule has 2 aliphatic carbocycles. The van der Waals surface area contributed by atoms with Gasteiger partial charge in [-0.3, -0.25) is 0 Å². The number of methoxy groups -OCH3 is 1. The van der Waals surface area contributed by atoms with Crippen LogP contribution in [0.15, 0.2) is 29.8 Å². The van der Waals surface area contributed by atoms with Crippen LogP contribution in [0.3, 0.4) is 0 Å². The molecule has 0 radical (unpaired) electrons. The fourth-order valence-corrected chi connectivity index (χ4v) is 3.49. The van der Waals surface area contributed by atoms with Crippen LogP contribution in [0.25, 0.3) is 0 Å². The Bertz CT molecular complexity index is 492. The minimum Gasteiger partial charge on any atom is -0.497 e. The van der Waals surface area contributed by atoms with E-state index < -0.39 is 0 Å². The first kappa shape index (κ1) is 13.7. The molecular formula is C18H25NO. The third-order valence-corrected chi connectivity index (χ3v) is 4.64. The van der Waals surface area contributed by atoms with Crippen LogP contribution < -0.4 is 10.1 Å². The number of ether oxygens (including phenoxy) is 1. The largest absolute Gasteiger partial charge is 0.497 e. The van der Waals surface area contributed by atoms with Gasteiger partial charge in [-0.2, -0.15) is 0 Å². The van der Waals surface area contributed by atoms with E-state index in [1.807, 2.05) is 0 Å². The molecular weight excluding hydrogens is 246 g/mol. The third-order valence-electron chi connectivity index (χ3n) is 4.64. The number of benzene rings is 1. The molecule has 1 aromatic carbocycles. The molecule has 0 saturated heterocycles. The van der Waals surface area contributed by atoms with Crippen molar-refractivity contribution in [1.29, 1.82) is 0 Å². The van der Waals surface area contributed by atoms with Crippen molar-refractivity contribution in [3.8, 4) is 5.75 Å². The van der Waals surface area contributed by atoms with Crippen LogP contribution in [0, 0.1) is 0 Å². The van der Waals surface area contributed by atoms with E-state index in [4.69, 9.17) is 4.74 Å². The van der Waals surface area contributed by atoms with Crippen molar-refractivity contribution in [2.45, 2.75) is 51.0 Å². The van der Waals surface area contributed by atoms with Crippen molar-refractivity contribution in [2.75, 3.05) is 13.7 Å². The summed E-state index contributed by atoms with van der Waals surface area (Å²) in [5.74, 6) is 0.982. The molecule has 3 rings (SSSR count). The summed E-state index contributed by atoms with van der Waals surface area (Å²) in [5.41, 5.74) is 4.60. The predicted octanol–water partition coefficient (Wildman–Crippen LogP) is 4.16. The number of hydrogen-bond donors (Lipinski definition) is 1. The zero-order valence-electron chi connectivity index (χ0n) is 12.5. The minimum atomic E-state index is 0.510. The third kappa shape index (κ3) is 3.06. The van der Waals surface area contributed by atoms with Crippen LogP contribution in [-0.4, -0.2) is 13.7 Å². The van der Waals surface area contributed by atoms with Gasteiger partial charge >= 0.3 is 0 Å². The maximum atomic E-state index is 5.38. The lowest BCUT2D eigenvalue weighted by Crippen LogP contribution is -2.26. The van der Waals surface area contributed by atoms with Crippen LogP contribution in [-0.2, 0) is 6.42 Å². The highest BCUT2D eigenvalue weighted by Crippen LogP contribution is 2.32. The highest BCUT2D eigenvalue weighted by Gasteiger charge is 2.20. The lowest BCUT2D eigenvalue weighted by Gasteiger charge is -2.27. The number of aryl methyl sites for hydroxylation is 1. The summed E-state index contributed by atoms with van der Waals surface area (Å²) in [4.78, 5) is 0. The Labute approximate surface area is 122 Å². The van der Waals surface area contributed by atoms with Gasteiger partial charge in [-0.1, -0.05) is 17.7 Å². The average Bonchev–Trinajstić information content (AvgIpc) is 3.00. The summed E-state index contributed by atoms with van der Waals surface area (Å²) in [6, 6.07) is 7.06. The Kier molecular flexibility index (Phi) is 4.41. The van der Waals surface area contributed by atoms with E-state index in [1.54, 1.807) is 12.7 Å². The highest BCUT2D eigenvalue weighted by molar-refractivity contribution is 5.39. The molecule has 108 valence electrons. The standard InChI is InChI=1S/C18H25NO/c1-20-16-10-9-15-7-4-8-18(17(15)13-16)19-12-11-14-5-2-3-6-14/h5,9-10,13,18-19H,2-4,6-8,11-12H2,1H3. The van der Waals surface area contributed by atoms with E-state index in [9.17, 15) is 0 Å². The van der Waals surface area contributed by atoms with Gasteiger partial charge in [0.05, 0.1) is 7.11 Å². The first-order chi connectivity index (χ1) is 9.86. The fraction of sp³-hybridized carbons (Fsp3) is 0.556. The van der Waals surface area contributed by atoms with Gasteiger partial charge in [0.2, 0.25) is 0 Å². The molecule has 2 nitrogen and oxygen atoms in total. The quantitative estimate of drug-likeness (QED) is 0.812. The van der Waals surface area contributed by atoms with Gasteiger partial charge in [0.25, 0.3) is 0 Å². The smallest absolute Gasteiger partial charge is 0.119 e. The number of allylic oxidation sites excluding steroid dienone is 1. The van der Waals surface area contributed by atoms with Crippen molar-refractivity contribution in [1.82, 2.24) is 5.32 Å². The predicted molar refractivity (Wildman–Crippen MR) is 83.2 cm³/mol. The van der Waals surface area contributed by atoms with Crippen molar-refractivity contribution >= 4 is 0 Å². The van der Waals surface area contributed by atoms with Crippen LogP contribution in [0.4, 0.5) is 0 Å². The Morgan fingerprint density at radius 1 is 1.25 bits per heavy atom. The van der Waals surface area contributed by atoms with E-state index in [1.165, 1.54) is 56.1 Å². The van der Waals surface area contributed by atoms with E-state index in [0.717, 1.165) is 12.3 Å². The minimum absolute atomic E-state index is 0.510. The molecule has 20 heavy (non-hydrogen) atoms. The fourth-order valence-electron chi connectivity index (χ4n) is 3.49. The van der Waals surface area contributed by atoms with E-state index in [0.29, 0.717) is 6.04 Å². The van der Waals surface area contributed by atoms with E-state index >= 15 is 0 Å². The van der Waals surface area contributed by atoms with Gasteiger partial charge in [-0.15, -0.1) is 0 Å². The lowest BCUT2D eigenvalue weighted by molar-refractivity contribution is 0.409. The van der Waals surface area contributed by atoms with Crippen LogP contribution in [0.5, 0.6) is 5.75 Å². The van der Waals surface area contributed by atoms with Gasteiger partial charge in [0.15, 0.2) is 0 Å². The number of rotatable bonds is 5. The second kappa shape index (κ2) is 6.45. The first-order valence-electron chi connectivity index (χ1n) is 7.95. The molecule has 1 unspecified atom stereocenters. The molecule has 2 aliphatic rings. The maximum Gasteiger partial charge on any atom is 0.119 e. The van der Waals surface area contributed by atoms with Gasteiger partial charge in [-0.05, 0) is 74.8 Å². The highest BCUT2D eigenvalue weighted by atomic mass is 16.5. The second-order valence-corrected chi connectivity index (χ2v) is 5.97. The molecule has 0 spiro atoms. The molecule has 1 aromatic rings. The summed E-state index contributed by atoms with van der Waals surface area (Å²) >= 11 is 0. The number of nitrogens with one attached hydrogen (secondary N) is 1. The molecule has 0 aliphatic heterocycles. The van der Waals surface area contributed by atoms with Crippen molar-refractivity contribution in [3.63, 3.8) is 0 Å². The Balaban J connectivity index is 1.63. The first-order valence-corrected chi connectivity index (χ1v) is 7.95. The summed E-state index contributed by atoms with van der Waals surface area (Å²) < 4.78 is 5.38. The van der Waals surface area contributed by atoms with Gasteiger partial charge in [-0.25, -0.2) is 0 Å². The van der Waals surface area contributed by atoms with Crippen LogP contribution in [0.1, 0.15) is 55.7 Å². The molecule has 0 aromatic heterocycles. The molecule has 2 heteroatoms. The zero-order valence-corrected chi connectivity index (χ0v) is 12.5. The SMILES string of the molecule is COc1ccc2c(c1)C(NCCC1=CCCC1)CCC2. The molecule has 0 amide bonds. The summed E-state index contributed by atoms with van der Waals surface area (Å²) in [7, 11) is 1.75. The lowest BCUT2D eigenvalue weighted by atomic mass is 9.87. The van der Waals surface area contributed by atoms with Crippen molar-refractivity contribution < 1.29 is 4.74 Å². The molecule has 0 fully saturated rings. The summed E-state index contributed by atoms with van der Waals surface area (Å²) in [6.45, 7) is 1.10. The molecule has 0 bridgehead atoms. The van der Waals surface area contributed by atoms with Gasteiger partial charge in [0, 0.05) is 6.04 Å². The monoisotopic (exact) mass is 271 g/mol. The second-order valence-electron chi connectivity index (χ2n) is 5.97. The Morgan fingerprint density at radius 2 is 2.20 bits per heavy atom. The van der Waals surface area contributed by atoms with Crippen molar-refractivity contribution in [2.24, 2.45) is 0 Å². The van der Waals surface area contributed by atoms with Gasteiger partial charge < -0.3 is 10.1 Å².